The first-order valence-electron chi connectivity index (χ1n) is 5.48. The third-order valence-electron chi connectivity index (χ3n) is 3.04. The van der Waals surface area contributed by atoms with Gasteiger partial charge in [0.05, 0.1) is 0 Å². The Kier molecular flexibility index (Phi) is 4.07. The van der Waals surface area contributed by atoms with E-state index in [1.807, 2.05) is 23.1 Å². The van der Waals surface area contributed by atoms with E-state index in [0.717, 1.165) is 29.4 Å². The van der Waals surface area contributed by atoms with E-state index >= 15 is 0 Å². The van der Waals surface area contributed by atoms with Crippen LogP contribution in [0.15, 0.2) is 22.7 Å². The average molecular weight is 319 g/mol. The number of carboxylic acids is 1. The Bertz CT molecular complexity index is 439. The molecule has 3 nitrogen and oxygen atoms in total. The SMILES string of the molecule is O=C(O)C1CCCN1Cc1ccc(Cl)cc1Br. The molecule has 1 aliphatic rings. The normalized spacial score (nSPS) is 20.7. The standard InChI is InChI=1S/C12H13BrClNO2/c13-10-6-9(14)4-3-8(10)7-15-5-1-2-11(15)12(16)17/h3-4,6,11H,1-2,5,7H2,(H,16,17). The van der Waals surface area contributed by atoms with E-state index in [2.05, 4.69) is 15.9 Å². The zero-order chi connectivity index (χ0) is 12.4. The van der Waals surface area contributed by atoms with Gasteiger partial charge in [-0.15, -0.1) is 0 Å². The first-order chi connectivity index (χ1) is 8.08. The summed E-state index contributed by atoms with van der Waals surface area (Å²) in [4.78, 5) is 13.1. The van der Waals surface area contributed by atoms with Crippen LogP contribution in [0.4, 0.5) is 0 Å². The van der Waals surface area contributed by atoms with Gasteiger partial charge in [-0.25, -0.2) is 0 Å². The fourth-order valence-corrected chi connectivity index (χ4v) is 2.97. The van der Waals surface area contributed by atoms with Crippen LogP contribution in [0.5, 0.6) is 0 Å². The lowest BCUT2D eigenvalue weighted by Crippen LogP contribution is -2.35. The molecular weight excluding hydrogens is 305 g/mol. The van der Waals surface area contributed by atoms with Crippen molar-refractivity contribution >= 4 is 33.5 Å². The molecule has 0 radical (unpaired) electrons. The second-order valence-corrected chi connectivity index (χ2v) is 5.49. The molecule has 5 heteroatoms. The molecule has 0 aromatic heterocycles. The molecule has 0 bridgehead atoms. The van der Waals surface area contributed by atoms with E-state index in [0.29, 0.717) is 11.6 Å². The van der Waals surface area contributed by atoms with Crippen LogP contribution >= 0.6 is 27.5 Å². The lowest BCUT2D eigenvalue weighted by atomic mass is 10.2. The topological polar surface area (TPSA) is 40.5 Å². The van der Waals surface area contributed by atoms with Gasteiger partial charge in [0.25, 0.3) is 0 Å². The summed E-state index contributed by atoms with van der Waals surface area (Å²) in [5.41, 5.74) is 1.07. The molecule has 1 N–H and O–H groups in total. The number of aliphatic carboxylic acids is 1. The first-order valence-corrected chi connectivity index (χ1v) is 6.66. The van der Waals surface area contributed by atoms with Crippen LogP contribution in [0.2, 0.25) is 5.02 Å². The van der Waals surface area contributed by atoms with E-state index in [1.165, 1.54) is 0 Å². The van der Waals surface area contributed by atoms with Crippen molar-refractivity contribution in [1.82, 2.24) is 4.90 Å². The van der Waals surface area contributed by atoms with Crippen LogP contribution in [0.3, 0.4) is 0 Å². The third-order valence-corrected chi connectivity index (χ3v) is 4.01. The van der Waals surface area contributed by atoms with Gasteiger partial charge in [0.2, 0.25) is 0 Å². The van der Waals surface area contributed by atoms with E-state index < -0.39 is 5.97 Å². The van der Waals surface area contributed by atoms with Crippen molar-refractivity contribution in [1.29, 1.82) is 0 Å². The number of halogens is 2. The van der Waals surface area contributed by atoms with Gasteiger partial charge in [0.1, 0.15) is 6.04 Å². The summed E-state index contributed by atoms with van der Waals surface area (Å²) in [5.74, 6) is -0.729. The smallest absolute Gasteiger partial charge is 0.320 e. The summed E-state index contributed by atoms with van der Waals surface area (Å²) >= 11 is 9.33. The predicted octanol–water partition coefficient (Wildman–Crippen LogP) is 3.15. The summed E-state index contributed by atoms with van der Waals surface area (Å²) in [6.07, 6.45) is 1.68. The van der Waals surface area contributed by atoms with Crippen molar-refractivity contribution in [3.05, 3.63) is 33.3 Å². The maximum atomic E-state index is 11.1. The molecule has 0 saturated carbocycles. The van der Waals surface area contributed by atoms with Crippen LogP contribution in [0, 0.1) is 0 Å². The van der Waals surface area contributed by atoms with Crippen LogP contribution in [0.25, 0.3) is 0 Å². The Balaban J connectivity index is 2.12. The fourth-order valence-electron chi connectivity index (χ4n) is 2.16. The number of hydrogen-bond donors (Lipinski definition) is 1. The number of rotatable bonds is 3. The van der Waals surface area contributed by atoms with Gasteiger partial charge in [-0.2, -0.15) is 0 Å². The van der Waals surface area contributed by atoms with Crippen LogP contribution in [-0.2, 0) is 11.3 Å². The number of hydrogen-bond acceptors (Lipinski definition) is 2. The lowest BCUT2D eigenvalue weighted by molar-refractivity contribution is -0.142. The molecule has 1 atom stereocenters. The molecule has 1 aromatic carbocycles. The monoisotopic (exact) mass is 317 g/mol. The van der Waals surface area contributed by atoms with Crippen molar-refractivity contribution in [2.24, 2.45) is 0 Å². The zero-order valence-electron chi connectivity index (χ0n) is 9.20. The highest BCUT2D eigenvalue weighted by molar-refractivity contribution is 9.10. The van der Waals surface area contributed by atoms with Gasteiger partial charge in [-0.1, -0.05) is 33.6 Å². The molecule has 1 heterocycles. The fraction of sp³-hybridized carbons (Fsp3) is 0.417. The van der Waals surface area contributed by atoms with Gasteiger partial charge in [0, 0.05) is 16.0 Å². The molecule has 1 saturated heterocycles. The maximum absolute atomic E-state index is 11.1. The summed E-state index contributed by atoms with van der Waals surface area (Å²) < 4.78 is 0.932. The summed E-state index contributed by atoms with van der Waals surface area (Å²) in [5, 5.41) is 9.78. The number of carbonyl (C=O) groups is 1. The zero-order valence-corrected chi connectivity index (χ0v) is 11.5. The van der Waals surface area contributed by atoms with Crippen molar-refractivity contribution in [3.63, 3.8) is 0 Å². The van der Waals surface area contributed by atoms with Crippen LogP contribution < -0.4 is 0 Å². The first kappa shape index (κ1) is 12.9. The van der Waals surface area contributed by atoms with E-state index in [-0.39, 0.29) is 6.04 Å². The van der Waals surface area contributed by atoms with Gasteiger partial charge in [0.15, 0.2) is 0 Å². The number of nitrogens with zero attached hydrogens (tertiary/aromatic N) is 1. The number of likely N-dealkylation sites (tertiary alicyclic amines) is 1. The Morgan fingerprint density at radius 3 is 3.00 bits per heavy atom. The summed E-state index contributed by atoms with van der Waals surface area (Å²) in [7, 11) is 0. The number of benzene rings is 1. The average Bonchev–Trinajstić information content (AvgIpc) is 2.70. The Morgan fingerprint density at radius 2 is 2.35 bits per heavy atom. The van der Waals surface area contributed by atoms with E-state index in [9.17, 15) is 4.79 Å². The molecule has 1 aromatic rings. The van der Waals surface area contributed by atoms with Crippen molar-refractivity contribution in [2.45, 2.75) is 25.4 Å². The largest absolute Gasteiger partial charge is 0.480 e. The highest BCUT2D eigenvalue weighted by Crippen LogP contribution is 2.26. The Morgan fingerprint density at radius 1 is 1.59 bits per heavy atom. The van der Waals surface area contributed by atoms with Gasteiger partial charge >= 0.3 is 5.97 Å². The Hall–Kier alpha value is -0.580. The van der Waals surface area contributed by atoms with Crippen molar-refractivity contribution in [2.75, 3.05) is 6.54 Å². The molecule has 0 amide bonds. The minimum atomic E-state index is -0.729. The minimum absolute atomic E-state index is 0.349. The predicted molar refractivity (Wildman–Crippen MR) is 70.2 cm³/mol. The van der Waals surface area contributed by atoms with Crippen LogP contribution in [-0.4, -0.2) is 28.6 Å². The number of carboxylic acid groups (broad SMARTS) is 1. The highest BCUT2D eigenvalue weighted by Gasteiger charge is 2.30. The van der Waals surface area contributed by atoms with E-state index in [1.54, 1.807) is 0 Å². The molecule has 0 aliphatic carbocycles. The molecule has 17 heavy (non-hydrogen) atoms. The van der Waals surface area contributed by atoms with Crippen molar-refractivity contribution in [3.8, 4) is 0 Å². The highest BCUT2D eigenvalue weighted by atomic mass is 79.9. The minimum Gasteiger partial charge on any atom is -0.480 e. The summed E-state index contributed by atoms with van der Waals surface area (Å²) in [6, 6.07) is 5.25. The molecule has 0 spiro atoms. The molecule has 1 aliphatic heterocycles. The molecule has 1 unspecified atom stereocenters. The molecule has 1 fully saturated rings. The lowest BCUT2D eigenvalue weighted by Gasteiger charge is -2.21. The second-order valence-electron chi connectivity index (χ2n) is 4.20. The second kappa shape index (κ2) is 5.38. The quantitative estimate of drug-likeness (QED) is 0.930. The van der Waals surface area contributed by atoms with Crippen molar-refractivity contribution < 1.29 is 9.90 Å². The van der Waals surface area contributed by atoms with Gasteiger partial charge in [-0.3, -0.25) is 9.69 Å². The molecule has 2 rings (SSSR count). The van der Waals surface area contributed by atoms with Crippen LogP contribution in [0.1, 0.15) is 18.4 Å². The van der Waals surface area contributed by atoms with E-state index in [4.69, 9.17) is 16.7 Å². The van der Waals surface area contributed by atoms with Gasteiger partial charge in [-0.05, 0) is 37.1 Å². The third kappa shape index (κ3) is 3.00. The molecule has 92 valence electrons. The van der Waals surface area contributed by atoms with Gasteiger partial charge < -0.3 is 5.11 Å². The summed E-state index contributed by atoms with van der Waals surface area (Å²) in [6.45, 7) is 1.49. The maximum Gasteiger partial charge on any atom is 0.320 e. The molecular formula is C12H13BrClNO2. The Labute approximate surface area is 114 Å².